The number of aromatic nitrogens is 2. The van der Waals surface area contributed by atoms with Crippen molar-refractivity contribution >= 4 is 43.6 Å². The van der Waals surface area contributed by atoms with Crippen LogP contribution >= 0.6 is 0 Å². The van der Waals surface area contributed by atoms with Crippen LogP contribution in [0.4, 0.5) is 0 Å². The first-order chi connectivity index (χ1) is 24.7. The highest BCUT2D eigenvalue weighted by Gasteiger charge is 2.19. The maximum atomic E-state index is 10.3. The summed E-state index contributed by atoms with van der Waals surface area (Å²) in [5, 5.41) is 33.6. The molecule has 0 spiro atoms. The van der Waals surface area contributed by atoms with E-state index in [9.17, 15) is 15.8 Å². The van der Waals surface area contributed by atoms with Crippen molar-refractivity contribution in [2.24, 2.45) is 0 Å². The summed E-state index contributed by atoms with van der Waals surface area (Å²) in [6.07, 6.45) is 0. The molecule has 5 heteroatoms. The SMILES string of the molecule is N#Cc1ccc2c(c1)c1ccccc1n2-c1ccc(-c2ccc(-c3cccc(C#N)c3-n3c4ccccc4c4cc(C#N)ccc43)cc2)cc1. The lowest BCUT2D eigenvalue weighted by Crippen LogP contribution is -2.01. The number of fused-ring (bicyclic) bond motifs is 6. The van der Waals surface area contributed by atoms with Gasteiger partial charge in [-0.1, -0.05) is 84.9 Å². The molecule has 0 radical (unpaired) electrons. The first-order valence-electron chi connectivity index (χ1n) is 16.3. The van der Waals surface area contributed by atoms with Gasteiger partial charge < -0.3 is 9.13 Å². The first kappa shape index (κ1) is 28.8. The molecule has 0 N–H and O–H groups in total. The van der Waals surface area contributed by atoms with Gasteiger partial charge in [0, 0.05) is 32.8 Å². The Balaban J connectivity index is 1.13. The molecule has 2 heterocycles. The maximum absolute atomic E-state index is 10.3. The largest absolute Gasteiger partial charge is 0.309 e. The second-order valence-electron chi connectivity index (χ2n) is 12.3. The molecule has 0 aliphatic rings. The van der Waals surface area contributed by atoms with Gasteiger partial charge >= 0.3 is 0 Å². The molecular formula is C45H25N5. The summed E-state index contributed by atoms with van der Waals surface area (Å²) in [6, 6.07) is 57.9. The highest BCUT2D eigenvalue weighted by atomic mass is 15.0. The quantitative estimate of drug-likeness (QED) is 0.193. The lowest BCUT2D eigenvalue weighted by atomic mass is 9.97. The molecule has 0 aliphatic heterocycles. The lowest BCUT2D eigenvalue weighted by molar-refractivity contribution is 1.17. The Morgan fingerprint density at radius 3 is 1.46 bits per heavy atom. The standard InChI is InChI=1S/C45H25N5/c46-26-29-12-22-43-39(24-29)37-7-1-3-10-41(37)49(43)35-20-18-32(19-21-35)31-14-16-33(17-15-31)36-9-5-6-34(28-48)45(36)50-42-11-4-2-8-38(42)40-25-30(27-47)13-23-44(40)50/h1-25H. The zero-order valence-corrected chi connectivity index (χ0v) is 26.7. The van der Waals surface area contributed by atoms with Crippen LogP contribution in [-0.4, -0.2) is 9.13 Å². The van der Waals surface area contributed by atoms with Gasteiger partial charge in [-0.15, -0.1) is 0 Å². The van der Waals surface area contributed by atoms with E-state index in [1.165, 1.54) is 0 Å². The summed E-state index contributed by atoms with van der Waals surface area (Å²) in [7, 11) is 0. The van der Waals surface area contributed by atoms with Crippen molar-refractivity contribution in [3.05, 3.63) is 168 Å². The topological polar surface area (TPSA) is 81.2 Å². The van der Waals surface area contributed by atoms with Crippen LogP contribution in [0.2, 0.25) is 0 Å². The number of hydrogen-bond acceptors (Lipinski definition) is 3. The van der Waals surface area contributed by atoms with E-state index in [0.717, 1.165) is 77.2 Å². The summed E-state index contributed by atoms with van der Waals surface area (Å²) >= 11 is 0. The molecule has 7 aromatic carbocycles. The summed E-state index contributed by atoms with van der Waals surface area (Å²) in [4.78, 5) is 0. The average Bonchev–Trinajstić information content (AvgIpc) is 3.69. The summed E-state index contributed by atoms with van der Waals surface area (Å²) < 4.78 is 4.40. The van der Waals surface area contributed by atoms with Crippen molar-refractivity contribution in [2.75, 3.05) is 0 Å². The van der Waals surface area contributed by atoms with Gasteiger partial charge in [0.05, 0.1) is 56.6 Å². The van der Waals surface area contributed by atoms with Gasteiger partial charge in [0.2, 0.25) is 0 Å². The summed E-state index contributed by atoms with van der Waals surface area (Å²) in [6.45, 7) is 0. The Morgan fingerprint density at radius 1 is 0.380 bits per heavy atom. The minimum atomic E-state index is 0.572. The molecular weight excluding hydrogens is 611 g/mol. The number of nitriles is 3. The molecule has 2 aromatic heterocycles. The van der Waals surface area contributed by atoms with Gasteiger partial charge in [-0.25, -0.2) is 0 Å². The van der Waals surface area contributed by atoms with E-state index >= 15 is 0 Å². The van der Waals surface area contributed by atoms with Crippen molar-refractivity contribution in [1.82, 2.24) is 9.13 Å². The van der Waals surface area contributed by atoms with E-state index in [1.54, 1.807) is 0 Å². The molecule has 0 bridgehead atoms. The summed E-state index contributed by atoms with van der Waals surface area (Å²) in [5.74, 6) is 0. The van der Waals surface area contributed by atoms with Gasteiger partial charge in [0.25, 0.3) is 0 Å². The lowest BCUT2D eigenvalue weighted by Gasteiger charge is -2.16. The molecule has 0 unspecified atom stereocenters. The van der Waals surface area contributed by atoms with Gasteiger partial charge in [-0.2, -0.15) is 15.8 Å². The van der Waals surface area contributed by atoms with E-state index in [-0.39, 0.29) is 0 Å². The fourth-order valence-corrected chi connectivity index (χ4v) is 7.36. The average molecular weight is 636 g/mol. The summed E-state index contributed by atoms with van der Waals surface area (Å²) in [5.41, 5.74) is 11.9. The first-order valence-corrected chi connectivity index (χ1v) is 16.3. The minimum absolute atomic E-state index is 0.572. The van der Waals surface area contributed by atoms with Crippen LogP contribution < -0.4 is 0 Å². The Kier molecular flexibility index (Phi) is 6.56. The maximum Gasteiger partial charge on any atom is 0.101 e. The van der Waals surface area contributed by atoms with Gasteiger partial charge in [-0.3, -0.25) is 0 Å². The van der Waals surface area contributed by atoms with Crippen LogP contribution in [0.3, 0.4) is 0 Å². The van der Waals surface area contributed by atoms with Crippen molar-refractivity contribution in [2.45, 2.75) is 0 Å². The Labute approximate surface area is 287 Å². The van der Waals surface area contributed by atoms with Gasteiger partial charge in [0.1, 0.15) is 6.07 Å². The minimum Gasteiger partial charge on any atom is -0.309 e. The zero-order chi connectivity index (χ0) is 33.8. The monoisotopic (exact) mass is 635 g/mol. The third-order valence-corrected chi connectivity index (χ3v) is 9.64. The van der Waals surface area contributed by atoms with Crippen molar-refractivity contribution in [1.29, 1.82) is 15.8 Å². The third-order valence-electron chi connectivity index (χ3n) is 9.64. The fourth-order valence-electron chi connectivity index (χ4n) is 7.36. The number of hydrogen-bond donors (Lipinski definition) is 0. The Morgan fingerprint density at radius 2 is 0.880 bits per heavy atom. The smallest absolute Gasteiger partial charge is 0.101 e. The van der Waals surface area contributed by atoms with E-state index in [0.29, 0.717) is 16.7 Å². The van der Waals surface area contributed by atoms with Gasteiger partial charge in [-0.05, 0) is 83.4 Å². The van der Waals surface area contributed by atoms with E-state index in [2.05, 4.69) is 106 Å². The van der Waals surface area contributed by atoms with E-state index in [4.69, 9.17) is 0 Å². The second-order valence-corrected chi connectivity index (χ2v) is 12.3. The van der Waals surface area contributed by atoms with E-state index in [1.807, 2.05) is 72.8 Å². The van der Waals surface area contributed by atoms with Crippen LogP contribution in [0.1, 0.15) is 16.7 Å². The highest BCUT2D eigenvalue weighted by Crippen LogP contribution is 2.39. The molecule has 9 aromatic rings. The number of para-hydroxylation sites is 3. The Bertz CT molecular complexity index is 2940. The molecule has 0 aliphatic carbocycles. The molecule has 0 fully saturated rings. The third kappa shape index (κ3) is 4.38. The number of nitrogens with zero attached hydrogens (tertiary/aromatic N) is 5. The zero-order valence-electron chi connectivity index (χ0n) is 26.7. The Hall–Kier alpha value is -7.39. The second kappa shape index (κ2) is 11.4. The van der Waals surface area contributed by atoms with Crippen LogP contribution in [-0.2, 0) is 0 Å². The van der Waals surface area contributed by atoms with Crippen LogP contribution in [0, 0.1) is 34.0 Å². The molecule has 0 amide bonds. The normalized spacial score (nSPS) is 11.1. The van der Waals surface area contributed by atoms with Gasteiger partial charge in [0.15, 0.2) is 0 Å². The molecule has 50 heavy (non-hydrogen) atoms. The van der Waals surface area contributed by atoms with Crippen molar-refractivity contribution in [3.8, 4) is 51.8 Å². The molecule has 0 saturated carbocycles. The molecule has 230 valence electrons. The van der Waals surface area contributed by atoms with Crippen LogP contribution in [0.15, 0.2) is 152 Å². The van der Waals surface area contributed by atoms with E-state index < -0.39 is 0 Å². The molecule has 5 nitrogen and oxygen atoms in total. The molecule has 0 saturated heterocycles. The fraction of sp³-hybridized carbons (Fsp3) is 0. The predicted octanol–water partition coefficient (Wildman–Crippen LogP) is 10.8. The number of rotatable bonds is 4. The molecule has 9 rings (SSSR count). The van der Waals surface area contributed by atoms with Crippen LogP contribution in [0.25, 0.3) is 77.2 Å². The number of benzene rings is 7. The highest BCUT2D eigenvalue weighted by molar-refractivity contribution is 6.11. The van der Waals surface area contributed by atoms with Crippen molar-refractivity contribution < 1.29 is 0 Å². The molecule has 0 atom stereocenters. The van der Waals surface area contributed by atoms with Crippen molar-refractivity contribution in [3.63, 3.8) is 0 Å². The van der Waals surface area contributed by atoms with Crippen LogP contribution in [0.5, 0.6) is 0 Å². The predicted molar refractivity (Wildman–Crippen MR) is 200 cm³/mol.